The molecule has 7 heteroatoms. The minimum absolute atomic E-state index is 0.272. The average Bonchev–Trinajstić information content (AvgIpc) is 2.48. The Morgan fingerprint density at radius 3 is 2.14 bits per heavy atom. The summed E-state index contributed by atoms with van der Waals surface area (Å²) in [5.74, 6) is 0.193. The molecule has 0 saturated heterocycles. The monoisotopic (exact) mass is 410 g/mol. The summed E-state index contributed by atoms with van der Waals surface area (Å²) in [6.07, 6.45) is -4.68. The van der Waals surface area contributed by atoms with Crippen LogP contribution in [0.5, 0.6) is 11.5 Å². The van der Waals surface area contributed by atoms with E-state index in [0.29, 0.717) is 12.4 Å². The summed E-state index contributed by atoms with van der Waals surface area (Å²) >= 11 is 4.25. The third-order valence-electron chi connectivity index (χ3n) is 2.23. The van der Waals surface area contributed by atoms with E-state index in [0.717, 1.165) is 5.56 Å². The molecule has 0 atom stereocenters. The second-order valence-corrected chi connectivity index (χ2v) is 3.70. The van der Waals surface area contributed by atoms with Crippen LogP contribution >= 0.6 is 13.6 Å². The number of hydrogen-bond donors (Lipinski definition) is 0. The van der Waals surface area contributed by atoms with Crippen LogP contribution in [0.2, 0.25) is 0 Å². The molecule has 0 unspecified atom stereocenters. The third kappa shape index (κ3) is 7.48. The predicted octanol–water partition coefficient (Wildman–Crippen LogP) is 4.81. The molecule has 2 rings (SSSR count). The van der Waals surface area contributed by atoms with Gasteiger partial charge in [-0.25, -0.2) is 0 Å². The van der Waals surface area contributed by atoms with Gasteiger partial charge in [0.1, 0.15) is 11.5 Å². The molecule has 0 aliphatic carbocycles. The Kier molecular flexibility index (Phi) is 7.75. The molecule has 0 fully saturated rings. The van der Waals surface area contributed by atoms with Gasteiger partial charge in [-0.1, -0.05) is 0 Å². The Hall–Kier alpha value is -1.07. The fourth-order valence-electron chi connectivity index (χ4n) is 1.42. The first-order valence-corrected chi connectivity index (χ1v) is 12.7. The van der Waals surface area contributed by atoms with Crippen LogP contribution < -0.4 is 9.47 Å². The first kappa shape index (κ1) is 18.0. The maximum atomic E-state index is 12.0. The third-order valence-corrected chi connectivity index (χ3v) is 2.23. The van der Waals surface area contributed by atoms with Crippen LogP contribution in [0, 0.1) is 6.07 Å². The van der Waals surface area contributed by atoms with E-state index < -0.39 is 6.36 Å². The van der Waals surface area contributed by atoms with Gasteiger partial charge < -0.3 is 9.47 Å². The van der Waals surface area contributed by atoms with E-state index in [1.807, 2.05) is 18.2 Å². The van der Waals surface area contributed by atoms with Gasteiger partial charge in [-0.3, -0.25) is 0 Å². The van der Waals surface area contributed by atoms with Crippen molar-refractivity contribution < 1.29 is 39.0 Å². The molecule has 0 spiro atoms. The SMILES string of the molecule is FC(F)(F)Oc1ccc(OCc2[c-]cccc2)cc1.[Zn+][Br]. The quantitative estimate of drug-likeness (QED) is 0.530. The van der Waals surface area contributed by atoms with E-state index in [9.17, 15) is 13.2 Å². The van der Waals surface area contributed by atoms with Gasteiger partial charge in [-0.15, -0.1) is 18.7 Å². The number of benzene rings is 2. The molecule has 2 aromatic rings. The zero-order chi connectivity index (χ0) is 15.7. The van der Waals surface area contributed by atoms with E-state index in [1.165, 1.54) is 40.6 Å². The Labute approximate surface area is 137 Å². The standard InChI is InChI=1S/C14H10F3O2.BrH.Zn/c15-14(16,17)19-13-8-6-12(7-9-13)18-10-11-4-2-1-3-5-11;;/h1-4,6-9H,10H2;1H;/q-1;;+2/p-1. The Balaban J connectivity index is 0.00000106. The van der Waals surface area contributed by atoms with Gasteiger partial charge in [-0.2, -0.15) is 30.3 Å². The number of halogens is 4. The number of ether oxygens (including phenoxy) is 2. The van der Waals surface area contributed by atoms with Gasteiger partial charge >= 0.3 is 36.3 Å². The molecule has 2 nitrogen and oxygen atoms in total. The predicted molar refractivity (Wildman–Crippen MR) is 71.7 cm³/mol. The van der Waals surface area contributed by atoms with Crippen LogP contribution in [-0.2, 0) is 22.9 Å². The van der Waals surface area contributed by atoms with Gasteiger partial charge in [0.25, 0.3) is 0 Å². The molecule has 0 aromatic heterocycles. The molecule has 0 heterocycles. The Morgan fingerprint density at radius 1 is 1.00 bits per heavy atom. The molecular formula is C14H10BrF3O2Zn. The van der Waals surface area contributed by atoms with Crippen LogP contribution in [0.25, 0.3) is 0 Å². The summed E-state index contributed by atoms with van der Waals surface area (Å²) in [6.45, 7) is 0.306. The van der Waals surface area contributed by atoms with Gasteiger partial charge in [0, 0.05) is 0 Å². The van der Waals surface area contributed by atoms with Gasteiger partial charge in [-0.05, 0) is 24.3 Å². The summed E-state index contributed by atoms with van der Waals surface area (Å²) in [7, 11) is 0. The zero-order valence-corrected chi connectivity index (χ0v) is 15.4. The van der Waals surface area contributed by atoms with Crippen LogP contribution in [0.4, 0.5) is 13.2 Å². The first-order chi connectivity index (χ1) is 10.0. The summed E-state index contributed by atoms with van der Waals surface area (Å²) < 4.78 is 45.0. The second-order valence-electron chi connectivity index (χ2n) is 3.70. The molecular weight excluding hydrogens is 402 g/mol. The summed E-state index contributed by atoms with van der Waals surface area (Å²) in [5.41, 5.74) is 0.859. The van der Waals surface area contributed by atoms with Crippen LogP contribution in [0.3, 0.4) is 0 Å². The second kappa shape index (κ2) is 9.05. The molecule has 0 N–H and O–H groups in total. The zero-order valence-electron chi connectivity index (χ0n) is 10.9. The van der Waals surface area contributed by atoms with E-state index in [2.05, 4.69) is 24.4 Å². The van der Waals surface area contributed by atoms with Crippen LogP contribution in [0.1, 0.15) is 5.56 Å². The number of hydrogen-bond acceptors (Lipinski definition) is 2. The molecule has 2 aromatic carbocycles. The fraction of sp³-hybridized carbons (Fsp3) is 0.143. The molecule has 0 radical (unpaired) electrons. The molecule has 108 valence electrons. The van der Waals surface area contributed by atoms with Crippen LogP contribution in [0.15, 0.2) is 48.5 Å². The van der Waals surface area contributed by atoms with Crippen LogP contribution in [-0.4, -0.2) is 6.36 Å². The van der Waals surface area contributed by atoms with E-state index in [1.54, 1.807) is 6.07 Å². The van der Waals surface area contributed by atoms with Crippen molar-refractivity contribution in [2.24, 2.45) is 0 Å². The van der Waals surface area contributed by atoms with Crippen molar-refractivity contribution in [3.05, 3.63) is 60.2 Å². The first-order valence-electron chi connectivity index (χ1n) is 5.74. The Morgan fingerprint density at radius 2 is 1.62 bits per heavy atom. The summed E-state index contributed by atoms with van der Waals surface area (Å²) in [5, 5.41) is 0. The van der Waals surface area contributed by atoms with E-state index >= 15 is 0 Å². The molecule has 0 saturated carbocycles. The maximum absolute atomic E-state index is 12.0. The van der Waals surface area contributed by atoms with Crippen molar-refractivity contribution in [1.29, 1.82) is 0 Å². The Bertz CT molecular complexity index is 518. The van der Waals surface area contributed by atoms with Crippen molar-refractivity contribution in [2.45, 2.75) is 13.0 Å². The average molecular weight is 413 g/mol. The summed E-state index contributed by atoms with van der Waals surface area (Å²) in [4.78, 5) is 0. The fourth-order valence-corrected chi connectivity index (χ4v) is 1.42. The minimum atomic E-state index is -4.68. The number of alkyl halides is 3. The number of rotatable bonds is 4. The van der Waals surface area contributed by atoms with Crippen molar-refractivity contribution in [3.63, 3.8) is 0 Å². The van der Waals surface area contributed by atoms with Crippen molar-refractivity contribution >= 4 is 13.6 Å². The van der Waals surface area contributed by atoms with Gasteiger partial charge in [0.2, 0.25) is 0 Å². The molecule has 0 bridgehead atoms. The summed E-state index contributed by atoms with van der Waals surface area (Å²) in [6, 6.07) is 15.5. The van der Waals surface area contributed by atoms with Crippen molar-refractivity contribution in [1.82, 2.24) is 0 Å². The van der Waals surface area contributed by atoms with E-state index in [-0.39, 0.29) is 5.75 Å². The topological polar surface area (TPSA) is 18.5 Å². The van der Waals surface area contributed by atoms with Gasteiger partial charge in [0.05, 0.1) is 6.61 Å². The molecule has 0 aliphatic rings. The van der Waals surface area contributed by atoms with E-state index in [4.69, 9.17) is 4.74 Å². The van der Waals surface area contributed by atoms with Crippen molar-refractivity contribution in [3.8, 4) is 11.5 Å². The molecule has 0 aliphatic heterocycles. The normalized spacial score (nSPS) is 10.4. The van der Waals surface area contributed by atoms with Crippen molar-refractivity contribution in [2.75, 3.05) is 0 Å². The molecule has 0 amide bonds. The van der Waals surface area contributed by atoms with Gasteiger partial charge in [0.15, 0.2) is 0 Å². The molecule has 21 heavy (non-hydrogen) atoms.